The van der Waals surface area contributed by atoms with Gasteiger partial charge in [-0.1, -0.05) is 29.3 Å². The molecule has 0 unspecified atom stereocenters. The summed E-state index contributed by atoms with van der Waals surface area (Å²) in [5, 5.41) is 3.81. The third kappa shape index (κ3) is 4.57. The van der Waals surface area contributed by atoms with Gasteiger partial charge in [-0.2, -0.15) is 0 Å². The van der Waals surface area contributed by atoms with Crippen molar-refractivity contribution >= 4 is 39.0 Å². The molecule has 0 radical (unpaired) electrons. The molecule has 0 saturated heterocycles. The van der Waals surface area contributed by atoms with Crippen LogP contribution in [0.15, 0.2) is 35.2 Å². The van der Waals surface area contributed by atoms with Crippen LogP contribution < -0.4 is 10.0 Å². The number of sulfonamides is 1. The third-order valence-corrected chi connectivity index (χ3v) is 5.37. The minimum atomic E-state index is -3.59. The monoisotopic (exact) mass is 386 g/mol. The lowest BCUT2D eigenvalue weighted by atomic mass is 10.4. The molecule has 128 valence electrons. The summed E-state index contributed by atoms with van der Waals surface area (Å²) in [7, 11) is -3.59. The van der Waals surface area contributed by atoms with Crippen LogP contribution in [0.5, 0.6) is 0 Å². The van der Waals surface area contributed by atoms with E-state index < -0.39 is 10.0 Å². The number of hydrogen-bond acceptors (Lipinski definition) is 5. The van der Waals surface area contributed by atoms with Gasteiger partial charge in [0.05, 0.1) is 4.90 Å². The van der Waals surface area contributed by atoms with Crippen LogP contribution in [0.4, 0.5) is 5.82 Å². The molecule has 0 amide bonds. The minimum absolute atomic E-state index is 0.135. The van der Waals surface area contributed by atoms with E-state index in [0.29, 0.717) is 28.5 Å². The molecule has 9 heteroatoms. The van der Waals surface area contributed by atoms with E-state index in [4.69, 9.17) is 23.2 Å². The molecule has 1 aliphatic carbocycles. The smallest absolute Gasteiger partial charge is 0.240 e. The third-order valence-electron chi connectivity index (χ3n) is 3.48. The first-order chi connectivity index (χ1) is 11.4. The molecule has 0 atom stereocenters. The summed E-state index contributed by atoms with van der Waals surface area (Å²) >= 11 is 11.8. The van der Waals surface area contributed by atoms with Gasteiger partial charge in [-0.15, -0.1) is 0 Å². The van der Waals surface area contributed by atoms with Gasteiger partial charge in [-0.05, 0) is 31.0 Å². The quantitative estimate of drug-likeness (QED) is 0.564. The van der Waals surface area contributed by atoms with Crippen molar-refractivity contribution in [2.45, 2.75) is 23.7 Å². The first-order valence-corrected chi connectivity index (χ1v) is 9.71. The Kier molecular flexibility index (Phi) is 5.24. The first kappa shape index (κ1) is 17.4. The summed E-state index contributed by atoms with van der Waals surface area (Å²) in [6.45, 7) is 0.576. The highest BCUT2D eigenvalue weighted by Gasteiger charge is 2.27. The van der Waals surface area contributed by atoms with Gasteiger partial charge in [0.2, 0.25) is 10.0 Å². The first-order valence-electron chi connectivity index (χ1n) is 7.47. The SMILES string of the molecule is O=S(=O)(NCCNc1cc(Cl)nc(C2CC2)n1)c1cccc(Cl)c1. The van der Waals surface area contributed by atoms with E-state index in [2.05, 4.69) is 20.0 Å². The van der Waals surface area contributed by atoms with Crippen molar-refractivity contribution < 1.29 is 8.42 Å². The van der Waals surface area contributed by atoms with Crippen LogP contribution >= 0.6 is 23.2 Å². The van der Waals surface area contributed by atoms with Crippen LogP contribution in [0.1, 0.15) is 24.6 Å². The Labute approximate surface area is 150 Å². The normalized spacial score (nSPS) is 14.6. The van der Waals surface area contributed by atoms with E-state index in [1.807, 2.05) is 0 Å². The van der Waals surface area contributed by atoms with E-state index in [9.17, 15) is 8.42 Å². The molecular weight excluding hydrogens is 371 g/mol. The van der Waals surface area contributed by atoms with Gasteiger partial charge in [-0.25, -0.2) is 23.1 Å². The maximum Gasteiger partial charge on any atom is 0.240 e. The van der Waals surface area contributed by atoms with E-state index in [-0.39, 0.29) is 11.4 Å². The fourth-order valence-corrected chi connectivity index (χ4v) is 3.67. The molecule has 0 aliphatic heterocycles. The standard InChI is InChI=1S/C15H16Cl2N4O2S/c16-11-2-1-3-12(8-11)24(22,23)19-7-6-18-14-9-13(17)20-15(21-14)10-4-5-10/h1-3,8-10,19H,4-7H2,(H,18,20,21). The molecule has 24 heavy (non-hydrogen) atoms. The fraction of sp³-hybridized carbons (Fsp3) is 0.333. The van der Waals surface area contributed by atoms with Crippen molar-refractivity contribution in [1.82, 2.24) is 14.7 Å². The Balaban J connectivity index is 1.55. The lowest BCUT2D eigenvalue weighted by molar-refractivity contribution is 0.583. The van der Waals surface area contributed by atoms with Gasteiger partial charge in [0, 0.05) is 30.1 Å². The summed E-state index contributed by atoms with van der Waals surface area (Å²) in [6, 6.07) is 7.74. The zero-order valence-electron chi connectivity index (χ0n) is 12.7. The minimum Gasteiger partial charge on any atom is -0.369 e. The molecule has 1 heterocycles. The van der Waals surface area contributed by atoms with Crippen molar-refractivity contribution in [2.75, 3.05) is 18.4 Å². The van der Waals surface area contributed by atoms with Crippen LogP contribution in [0.3, 0.4) is 0 Å². The van der Waals surface area contributed by atoms with E-state index in [1.165, 1.54) is 12.1 Å². The Morgan fingerprint density at radius 2 is 1.92 bits per heavy atom. The van der Waals surface area contributed by atoms with Crippen molar-refractivity contribution in [3.05, 3.63) is 46.3 Å². The zero-order chi connectivity index (χ0) is 17.2. The molecule has 2 aromatic rings. The fourth-order valence-electron chi connectivity index (χ4n) is 2.14. The number of benzene rings is 1. The molecular formula is C15H16Cl2N4O2S. The average Bonchev–Trinajstić information content (AvgIpc) is 3.36. The molecule has 0 spiro atoms. The number of nitrogens with zero attached hydrogens (tertiary/aromatic N) is 2. The molecule has 1 fully saturated rings. The highest BCUT2D eigenvalue weighted by molar-refractivity contribution is 7.89. The predicted molar refractivity (Wildman–Crippen MR) is 94.1 cm³/mol. The molecule has 1 aromatic heterocycles. The maximum absolute atomic E-state index is 12.2. The van der Waals surface area contributed by atoms with Crippen molar-refractivity contribution in [1.29, 1.82) is 0 Å². The second kappa shape index (κ2) is 7.23. The largest absolute Gasteiger partial charge is 0.369 e. The van der Waals surface area contributed by atoms with Crippen LogP contribution in [-0.2, 0) is 10.0 Å². The zero-order valence-corrected chi connectivity index (χ0v) is 15.0. The maximum atomic E-state index is 12.2. The lowest BCUT2D eigenvalue weighted by Crippen LogP contribution is -2.29. The number of rotatable bonds is 7. The summed E-state index contributed by atoms with van der Waals surface area (Å²) in [4.78, 5) is 8.73. The molecule has 0 bridgehead atoms. The van der Waals surface area contributed by atoms with Crippen molar-refractivity contribution in [3.63, 3.8) is 0 Å². The van der Waals surface area contributed by atoms with E-state index in [1.54, 1.807) is 18.2 Å². The average molecular weight is 387 g/mol. The van der Waals surface area contributed by atoms with Gasteiger partial charge in [0.1, 0.15) is 16.8 Å². The van der Waals surface area contributed by atoms with Crippen LogP contribution in [-0.4, -0.2) is 31.5 Å². The number of hydrogen-bond donors (Lipinski definition) is 2. The highest BCUT2D eigenvalue weighted by Crippen LogP contribution is 2.38. The predicted octanol–water partition coefficient (Wildman–Crippen LogP) is 3.05. The molecule has 1 aliphatic rings. The number of aromatic nitrogens is 2. The Bertz CT molecular complexity index is 841. The van der Waals surface area contributed by atoms with Gasteiger partial charge in [0.25, 0.3) is 0 Å². The van der Waals surface area contributed by atoms with Gasteiger partial charge in [-0.3, -0.25) is 0 Å². The van der Waals surface area contributed by atoms with Gasteiger partial charge >= 0.3 is 0 Å². The van der Waals surface area contributed by atoms with Crippen molar-refractivity contribution in [2.24, 2.45) is 0 Å². The number of halogens is 2. The van der Waals surface area contributed by atoms with Crippen LogP contribution in [0, 0.1) is 0 Å². The summed E-state index contributed by atoms with van der Waals surface area (Å²) in [5.41, 5.74) is 0. The summed E-state index contributed by atoms with van der Waals surface area (Å²) in [6.07, 6.45) is 2.17. The molecule has 1 saturated carbocycles. The molecule has 1 aromatic carbocycles. The topological polar surface area (TPSA) is 84.0 Å². The Hall–Kier alpha value is -1.41. The second-order valence-electron chi connectivity index (χ2n) is 5.49. The number of anilines is 1. The number of nitrogens with one attached hydrogen (secondary N) is 2. The Morgan fingerprint density at radius 3 is 2.62 bits per heavy atom. The highest BCUT2D eigenvalue weighted by atomic mass is 35.5. The van der Waals surface area contributed by atoms with Crippen molar-refractivity contribution in [3.8, 4) is 0 Å². The summed E-state index contributed by atoms with van der Waals surface area (Å²) in [5.74, 6) is 1.73. The second-order valence-corrected chi connectivity index (χ2v) is 8.08. The Morgan fingerprint density at radius 1 is 1.12 bits per heavy atom. The summed E-state index contributed by atoms with van der Waals surface area (Å²) < 4.78 is 26.8. The van der Waals surface area contributed by atoms with E-state index in [0.717, 1.165) is 18.7 Å². The van der Waals surface area contributed by atoms with E-state index >= 15 is 0 Å². The molecule has 3 rings (SSSR count). The molecule has 6 nitrogen and oxygen atoms in total. The van der Waals surface area contributed by atoms with Crippen LogP contribution in [0.2, 0.25) is 10.2 Å². The van der Waals surface area contributed by atoms with Gasteiger partial charge < -0.3 is 5.32 Å². The molecule has 2 N–H and O–H groups in total. The van der Waals surface area contributed by atoms with Crippen LogP contribution in [0.25, 0.3) is 0 Å². The lowest BCUT2D eigenvalue weighted by Gasteiger charge is -2.09. The van der Waals surface area contributed by atoms with Gasteiger partial charge in [0.15, 0.2) is 0 Å².